The Morgan fingerprint density at radius 1 is 1.31 bits per heavy atom. The van der Waals surface area contributed by atoms with Gasteiger partial charge in [-0.1, -0.05) is 5.16 Å². The lowest BCUT2D eigenvalue weighted by molar-refractivity contribution is 0.195. The molecule has 0 unspecified atom stereocenters. The highest BCUT2D eigenvalue weighted by Gasteiger charge is 2.32. The average Bonchev–Trinajstić information content (AvgIpc) is 3.36. The third-order valence-electron chi connectivity index (χ3n) is 4.59. The van der Waals surface area contributed by atoms with Gasteiger partial charge in [-0.3, -0.25) is 0 Å². The molecule has 1 fully saturated rings. The van der Waals surface area contributed by atoms with Crippen LogP contribution in [-0.2, 0) is 7.05 Å². The number of anilines is 1. The van der Waals surface area contributed by atoms with Gasteiger partial charge in [-0.2, -0.15) is 0 Å². The Kier molecular flexibility index (Phi) is 4.16. The van der Waals surface area contributed by atoms with E-state index in [0.717, 1.165) is 41.4 Å². The molecule has 3 aromatic rings. The summed E-state index contributed by atoms with van der Waals surface area (Å²) in [5, 5.41) is 14.9. The molecule has 1 atom stereocenters. The quantitative estimate of drug-likeness (QED) is 0.782. The Bertz CT molecular complexity index is 914. The second-order valence-corrected chi connectivity index (χ2v) is 6.50. The number of benzene rings is 1. The first-order chi connectivity index (χ1) is 12.6. The zero-order valence-electron chi connectivity index (χ0n) is 14.7. The summed E-state index contributed by atoms with van der Waals surface area (Å²) in [6.45, 7) is 2.58. The van der Waals surface area contributed by atoms with Gasteiger partial charge in [0, 0.05) is 30.9 Å². The normalized spacial score (nSPS) is 16.8. The Labute approximate surface area is 150 Å². The maximum Gasteiger partial charge on any atom is 0.322 e. The second kappa shape index (κ2) is 6.62. The van der Waals surface area contributed by atoms with Crippen molar-refractivity contribution in [1.29, 1.82) is 0 Å². The van der Waals surface area contributed by atoms with E-state index in [1.807, 2.05) is 48.9 Å². The first kappa shape index (κ1) is 16.3. The SMILES string of the molecule is Cc1cc([C@H]2CCCN2C(=O)Nc2ccc(-c3nncn3C)cc2)on1. The van der Waals surface area contributed by atoms with Crippen molar-refractivity contribution in [2.24, 2.45) is 7.05 Å². The van der Waals surface area contributed by atoms with E-state index < -0.39 is 0 Å². The number of carbonyl (C=O) groups excluding carboxylic acids is 1. The van der Waals surface area contributed by atoms with Crippen molar-refractivity contribution < 1.29 is 9.32 Å². The van der Waals surface area contributed by atoms with E-state index in [1.54, 1.807) is 11.2 Å². The molecule has 1 N–H and O–H groups in total. The summed E-state index contributed by atoms with van der Waals surface area (Å²) < 4.78 is 7.21. The number of hydrogen-bond acceptors (Lipinski definition) is 5. The molecule has 2 amide bonds. The molecule has 8 nitrogen and oxygen atoms in total. The lowest BCUT2D eigenvalue weighted by atomic mass is 10.1. The molecule has 0 saturated carbocycles. The van der Waals surface area contributed by atoms with Gasteiger partial charge in [0.15, 0.2) is 11.6 Å². The van der Waals surface area contributed by atoms with Gasteiger partial charge in [-0.15, -0.1) is 10.2 Å². The number of aryl methyl sites for hydroxylation is 2. The van der Waals surface area contributed by atoms with Crippen molar-refractivity contribution in [3.05, 3.63) is 48.1 Å². The Balaban J connectivity index is 1.46. The van der Waals surface area contributed by atoms with Crippen LogP contribution in [0.15, 0.2) is 41.2 Å². The summed E-state index contributed by atoms with van der Waals surface area (Å²) in [4.78, 5) is 14.5. The molecular weight excluding hydrogens is 332 g/mol. The summed E-state index contributed by atoms with van der Waals surface area (Å²) in [7, 11) is 1.89. The van der Waals surface area contributed by atoms with E-state index >= 15 is 0 Å². The smallest absolute Gasteiger partial charge is 0.322 e. The van der Waals surface area contributed by atoms with Gasteiger partial charge in [0.2, 0.25) is 0 Å². The highest BCUT2D eigenvalue weighted by atomic mass is 16.5. The second-order valence-electron chi connectivity index (χ2n) is 6.50. The van der Waals surface area contributed by atoms with Crippen LogP contribution in [0.1, 0.15) is 30.3 Å². The number of rotatable bonds is 3. The highest BCUT2D eigenvalue weighted by molar-refractivity contribution is 5.90. The van der Waals surface area contributed by atoms with Crippen LogP contribution in [0.3, 0.4) is 0 Å². The number of carbonyl (C=O) groups is 1. The number of aromatic nitrogens is 4. The molecule has 1 aromatic carbocycles. The molecule has 1 saturated heterocycles. The predicted octanol–water partition coefficient (Wildman–Crippen LogP) is 3.15. The zero-order chi connectivity index (χ0) is 18.1. The molecule has 0 radical (unpaired) electrons. The number of hydrogen-bond donors (Lipinski definition) is 1. The van der Waals surface area contributed by atoms with Crippen molar-refractivity contribution in [2.45, 2.75) is 25.8 Å². The molecule has 3 heterocycles. The topological polar surface area (TPSA) is 89.1 Å². The summed E-state index contributed by atoms with van der Waals surface area (Å²) in [5.74, 6) is 1.52. The lowest BCUT2D eigenvalue weighted by Gasteiger charge is -2.23. The summed E-state index contributed by atoms with van der Waals surface area (Å²) in [6, 6.07) is 9.27. The molecule has 1 aliphatic rings. The van der Waals surface area contributed by atoms with Gasteiger partial charge in [0.1, 0.15) is 6.33 Å². The van der Waals surface area contributed by atoms with E-state index in [1.165, 1.54) is 0 Å². The molecule has 0 spiro atoms. The van der Waals surface area contributed by atoms with Crippen LogP contribution in [0.5, 0.6) is 0 Å². The first-order valence-electron chi connectivity index (χ1n) is 8.57. The van der Waals surface area contributed by atoms with Crippen molar-refractivity contribution in [3.8, 4) is 11.4 Å². The maximum absolute atomic E-state index is 12.7. The fraction of sp³-hybridized carbons (Fsp3) is 0.333. The molecule has 4 rings (SSSR count). The molecule has 0 bridgehead atoms. The number of amides is 2. The minimum atomic E-state index is -0.132. The van der Waals surface area contributed by atoms with Crippen molar-refractivity contribution in [1.82, 2.24) is 24.8 Å². The van der Waals surface area contributed by atoms with Crippen molar-refractivity contribution in [3.63, 3.8) is 0 Å². The Morgan fingerprint density at radius 3 is 2.77 bits per heavy atom. The monoisotopic (exact) mass is 352 g/mol. The number of urea groups is 1. The first-order valence-corrected chi connectivity index (χ1v) is 8.57. The Hall–Kier alpha value is -3.16. The van der Waals surface area contributed by atoms with Crippen molar-refractivity contribution in [2.75, 3.05) is 11.9 Å². The molecule has 2 aromatic heterocycles. The molecule has 1 aliphatic heterocycles. The van der Waals surface area contributed by atoms with Gasteiger partial charge in [0.05, 0.1) is 11.7 Å². The van der Waals surface area contributed by atoms with Gasteiger partial charge < -0.3 is 19.3 Å². The molecule has 0 aliphatic carbocycles. The fourth-order valence-electron chi connectivity index (χ4n) is 3.29. The summed E-state index contributed by atoms with van der Waals surface area (Å²) in [6.07, 6.45) is 3.49. The number of likely N-dealkylation sites (tertiary alicyclic amines) is 1. The summed E-state index contributed by atoms with van der Waals surface area (Å²) in [5.41, 5.74) is 2.51. The molecular formula is C18H20N6O2. The number of nitrogens with one attached hydrogen (secondary N) is 1. The molecule has 26 heavy (non-hydrogen) atoms. The van der Waals surface area contributed by atoms with Gasteiger partial charge in [0.25, 0.3) is 0 Å². The largest absolute Gasteiger partial charge is 0.359 e. The van der Waals surface area contributed by atoms with E-state index in [2.05, 4.69) is 20.7 Å². The minimum Gasteiger partial charge on any atom is -0.359 e. The van der Waals surface area contributed by atoms with Crippen LogP contribution in [0.4, 0.5) is 10.5 Å². The van der Waals surface area contributed by atoms with Gasteiger partial charge in [-0.05, 0) is 44.0 Å². The molecule has 8 heteroatoms. The van der Waals surface area contributed by atoms with E-state index in [0.29, 0.717) is 6.54 Å². The fourth-order valence-corrected chi connectivity index (χ4v) is 3.29. The third kappa shape index (κ3) is 3.05. The van der Waals surface area contributed by atoms with Crippen LogP contribution in [-0.4, -0.2) is 37.4 Å². The Morgan fingerprint density at radius 2 is 2.12 bits per heavy atom. The third-order valence-corrected chi connectivity index (χ3v) is 4.59. The van der Waals surface area contributed by atoms with Gasteiger partial charge in [-0.25, -0.2) is 4.79 Å². The highest BCUT2D eigenvalue weighted by Crippen LogP contribution is 2.32. The van der Waals surface area contributed by atoms with E-state index in [9.17, 15) is 4.79 Å². The van der Waals surface area contributed by atoms with Gasteiger partial charge >= 0.3 is 6.03 Å². The van der Waals surface area contributed by atoms with E-state index in [4.69, 9.17) is 4.52 Å². The van der Waals surface area contributed by atoms with Crippen LogP contribution >= 0.6 is 0 Å². The maximum atomic E-state index is 12.7. The summed E-state index contributed by atoms with van der Waals surface area (Å²) >= 11 is 0. The molecule has 134 valence electrons. The van der Waals surface area contributed by atoms with Crippen molar-refractivity contribution >= 4 is 11.7 Å². The predicted molar refractivity (Wildman–Crippen MR) is 95.4 cm³/mol. The van der Waals surface area contributed by atoms with Crippen LogP contribution < -0.4 is 5.32 Å². The van der Waals surface area contributed by atoms with Crippen LogP contribution in [0, 0.1) is 6.92 Å². The zero-order valence-corrected chi connectivity index (χ0v) is 14.7. The lowest BCUT2D eigenvalue weighted by Crippen LogP contribution is -2.34. The van der Waals surface area contributed by atoms with Crippen LogP contribution in [0.2, 0.25) is 0 Å². The number of nitrogens with zero attached hydrogens (tertiary/aromatic N) is 5. The van der Waals surface area contributed by atoms with Crippen LogP contribution in [0.25, 0.3) is 11.4 Å². The minimum absolute atomic E-state index is 0.0610. The van der Waals surface area contributed by atoms with E-state index in [-0.39, 0.29) is 12.1 Å². The average molecular weight is 352 g/mol. The standard InChI is InChI=1S/C18H20N6O2/c1-12-10-16(26-22-12)15-4-3-9-24(15)18(25)20-14-7-5-13(6-8-14)17-21-19-11-23(17)2/h5-8,10-11,15H,3-4,9H2,1-2H3,(H,20,25)/t15-/m1/s1.